The van der Waals surface area contributed by atoms with E-state index in [0.29, 0.717) is 16.3 Å². The number of hydrogen-bond acceptors (Lipinski definition) is 6. The van der Waals surface area contributed by atoms with Gasteiger partial charge in [0.2, 0.25) is 0 Å². The van der Waals surface area contributed by atoms with Gasteiger partial charge in [-0.05, 0) is 25.1 Å². The van der Waals surface area contributed by atoms with Crippen LogP contribution in [0.2, 0.25) is 0 Å². The van der Waals surface area contributed by atoms with Crippen LogP contribution in [0.5, 0.6) is 0 Å². The molecule has 0 unspecified atom stereocenters. The molecule has 4 aromatic rings. The Kier molecular flexibility index (Phi) is 6.07. The predicted octanol–water partition coefficient (Wildman–Crippen LogP) is 1.59. The molecular formula is C23H21N7O3. The fraction of sp³-hybridized carbons (Fsp3) is 0.130. The van der Waals surface area contributed by atoms with Gasteiger partial charge in [-0.3, -0.25) is 19.1 Å². The third kappa shape index (κ3) is 4.69. The summed E-state index contributed by atoms with van der Waals surface area (Å²) in [7, 11) is 1.78. The quantitative estimate of drug-likeness (QED) is 0.307. The third-order valence-corrected chi connectivity index (χ3v) is 5.00. The molecule has 3 N–H and O–H groups in total. The molecule has 10 nitrogen and oxygen atoms in total. The van der Waals surface area contributed by atoms with E-state index in [2.05, 4.69) is 31.1 Å². The first-order valence-electron chi connectivity index (χ1n) is 10.1. The van der Waals surface area contributed by atoms with E-state index in [1.54, 1.807) is 72.5 Å². The number of nitrogens with one attached hydrogen (secondary N) is 3. The average Bonchev–Trinajstić information content (AvgIpc) is 3.15. The van der Waals surface area contributed by atoms with Gasteiger partial charge in [-0.25, -0.2) is 10.5 Å². The number of aromatic nitrogens is 4. The molecular weight excluding hydrogens is 422 g/mol. The molecule has 0 spiro atoms. The van der Waals surface area contributed by atoms with Gasteiger partial charge in [0.25, 0.3) is 17.4 Å². The van der Waals surface area contributed by atoms with Crippen molar-refractivity contribution in [3.63, 3.8) is 0 Å². The van der Waals surface area contributed by atoms with E-state index in [1.807, 2.05) is 6.92 Å². The van der Waals surface area contributed by atoms with Crippen molar-refractivity contribution in [2.24, 2.45) is 12.1 Å². The standard InChI is InChI=1S/C23H21N7O3/c1-14-16(13-30(2)29-14)12-24-27-23(33)20(25-21(31)15-8-4-3-5-9-15)19-17-10-6-7-11-18(17)22(32)28-26-19/h3-13,20H,1-2H3,(H,25,31)(H,27,33)(H,28,32)/b24-12-/t20-/m1/s1. The molecule has 166 valence electrons. The lowest BCUT2D eigenvalue weighted by atomic mass is 10.0. The maximum Gasteiger partial charge on any atom is 0.272 e. The van der Waals surface area contributed by atoms with Gasteiger partial charge >= 0.3 is 0 Å². The monoisotopic (exact) mass is 443 g/mol. The summed E-state index contributed by atoms with van der Waals surface area (Å²) in [6, 6.07) is 14.0. The second-order valence-corrected chi connectivity index (χ2v) is 7.33. The zero-order valence-corrected chi connectivity index (χ0v) is 17.9. The highest BCUT2D eigenvalue weighted by atomic mass is 16.2. The van der Waals surface area contributed by atoms with Crippen LogP contribution < -0.4 is 16.3 Å². The Morgan fingerprint density at radius 3 is 2.48 bits per heavy atom. The van der Waals surface area contributed by atoms with Crippen molar-refractivity contribution in [3.8, 4) is 0 Å². The Hall–Kier alpha value is -4.60. The number of amides is 2. The minimum atomic E-state index is -1.22. The van der Waals surface area contributed by atoms with Gasteiger partial charge < -0.3 is 5.32 Å². The van der Waals surface area contributed by atoms with Gasteiger partial charge in [0, 0.05) is 29.8 Å². The summed E-state index contributed by atoms with van der Waals surface area (Å²) < 4.78 is 1.64. The molecule has 1 atom stereocenters. The van der Waals surface area contributed by atoms with Crippen LogP contribution >= 0.6 is 0 Å². The average molecular weight is 443 g/mol. The number of carbonyl (C=O) groups is 2. The molecule has 2 aromatic carbocycles. The lowest BCUT2D eigenvalue weighted by Gasteiger charge is -2.18. The molecule has 2 aromatic heterocycles. The van der Waals surface area contributed by atoms with Crippen LogP contribution in [0.4, 0.5) is 0 Å². The molecule has 0 aliphatic carbocycles. The van der Waals surface area contributed by atoms with Crippen LogP contribution in [0.15, 0.2) is 70.7 Å². The summed E-state index contributed by atoms with van der Waals surface area (Å²) in [6.45, 7) is 1.82. The van der Waals surface area contributed by atoms with Crippen LogP contribution in [-0.4, -0.2) is 38.0 Å². The van der Waals surface area contributed by atoms with E-state index in [1.165, 1.54) is 6.21 Å². The highest BCUT2D eigenvalue weighted by molar-refractivity contribution is 5.99. The van der Waals surface area contributed by atoms with Crippen molar-refractivity contribution in [3.05, 3.63) is 93.7 Å². The van der Waals surface area contributed by atoms with Crippen LogP contribution in [0.3, 0.4) is 0 Å². The molecule has 0 aliphatic rings. The summed E-state index contributed by atoms with van der Waals surface area (Å²) >= 11 is 0. The largest absolute Gasteiger partial charge is 0.335 e. The number of nitrogens with zero attached hydrogens (tertiary/aromatic N) is 4. The van der Waals surface area contributed by atoms with E-state index < -0.39 is 23.4 Å². The summed E-state index contributed by atoms with van der Waals surface area (Å²) in [5.74, 6) is -1.10. The molecule has 2 amide bonds. The molecule has 0 saturated carbocycles. The van der Waals surface area contributed by atoms with Crippen LogP contribution in [0.1, 0.15) is 33.4 Å². The highest BCUT2D eigenvalue weighted by Gasteiger charge is 2.27. The lowest BCUT2D eigenvalue weighted by molar-refractivity contribution is -0.123. The second kappa shape index (κ2) is 9.27. The summed E-state index contributed by atoms with van der Waals surface area (Å²) in [4.78, 5) is 38.2. The Bertz CT molecular complexity index is 1410. The molecule has 0 saturated heterocycles. The number of aromatic amines is 1. The molecule has 10 heteroatoms. The number of benzene rings is 2. The number of aryl methyl sites for hydroxylation is 2. The van der Waals surface area contributed by atoms with Gasteiger partial charge in [-0.2, -0.15) is 15.3 Å². The molecule has 2 heterocycles. The zero-order chi connectivity index (χ0) is 23.4. The summed E-state index contributed by atoms with van der Waals surface area (Å²) in [5, 5.41) is 18.2. The SMILES string of the molecule is Cc1nn(C)cc1/C=N\NC(=O)[C@H](NC(=O)c1ccccc1)c1n[nH]c(=O)c2ccccc12. The van der Waals surface area contributed by atoms with Gasteiger partial charge in [-0.15, -0.1) is 0 Å². The van der Waals surface area contributed by atoms with E-state index in [9.17, 15) is 14.4 Å². The minimum Gasteiger partial charge on any atom is -0.335 e. The Morgan fingerprint density at radius 1 is 1.09 bits per heavy atom. The van der Waals surface area contributed by atoms with Crippen LogP contribution in [0.25, 0.3) is 10.8 Å². The Morgan fingerprint density at radius 2 is 1.79 bits per heavy atom. The van der Waals surface area contributed by atoms with Gasteiger partial charge in [0.05, 0.1) is 17.3 Å². The predicted molar refractivity (Wildman–Crippen MR) is 123 cm³/mol. The second-order valence-electron chi connectivity index (χ2n) is 7.33. The first-order valence-corrected chi connectivity index (χ1v) is 10.1. The number of carbonyl (C=O) groups excluding carboxylic acids is 2. The summed E-state index contributed by atoms with van der Waals surface area (Å²) in [5.41, 5.74) is 4.10. The Balaban J connectivity index is 1.68. The molecule has 0 bridgehead atoms. The van der Waals surface area contributed by atoms with Gasteiger partial charge in [-0.1, -0.05) is 36.4 Å². The van der Waals surface area contributed by atoms with Gasteiger partial charge in [0.15, 0.2) is 6.04 Å². The summed E-state index contributed by atoms with van der Waals surface area (Å²) in [6.07, 6.45) is 3.23. The van der Waals surface area contributed by atoms with Crippen molar-refractivity contribution in [2.75, 3.05) is 0 Å². The first kappa shape index (κ1) is 21.6. The van der Waals surface area contributed by atoms with Crippen LogP contribution in [-0.2, 0) is 11.8 Å². The van der Waals surface area contributed by atoms with Crippen LogP contribution in [0, 0.1) is 6.92 Å². The van der Waals surface area contributed by atoms with E-state index in [-0.39, 0.29) is 5.69 Å². The van der Waals surface area contributed by atoms with E-state index in [4.69, 9.17) is 0 Å². The van der Waals surface area contributed by atoms with Crippen molar-refractivity contribution in [1.29, 1.82) is 0 Å². The maximum atomic E-state index is 13.1. The number of hydrazone groups is 1. The van der Waals surface area contributed by atoms with E-state index in [0.717, 1.165) is 11.3 Å². The normalized spacial score (nSPS) is 12.1. The fourth-order valence-electron chi connectivity index (χ4n) is 3.39. The molecule has 0 radical (unpaired) electrons. The van der Waals surface area contributed by atoms with E-state index >= 15 is 0 Å². The highest BCUT2D eigenvalue weighted by Crippen LogP contribution is 2.20. The third-order valence-electron chi connectivity index (χ3n) is 5.00. The molecule has 0 aliphatic heterocycles. The number of rotatable bonds is 6. The molecule has 0 fully saturated rings. The Labute approximate surface area is 188 Å². The maximum absolute atomic E-state index is 13.1. The smallest absolute Gasteiger partial charge is 0.272 e. The van der Waals surface area contributed by atoms with Gasteiger partial charge in [0.1, 0.15) is 5.69 Å². The lowest BCUT2D eigenvalue weighted by Crippen LogP contribution is -2.40. The zero-order valence-electron chi connectivity index (χ0n) is 17.9. The number of hydrogen-bond donors (Lipinski definition) is 3. The number of H-pyrrole nitrogens is 1. The molecule has 4 rings (SSSR count). The van der Waals surface area contributed by atoms with Crippen molar-refractivity contribution < 1.29 is 9.59 Å². The van der Waals surface area contributed by atoms with Crippen molar-refractivity contribution >= 4 is 28.8 Å². The van der Waals surface area contributed by atoms with Crippen molar-refractivity contribution in [1.82, 2.24) is 30.7 Å². The first-order chi connectivity index (χ1) is 15.9. The minimum absolute atomic E-state index is 0.194. The topological polar surface area (TPSA) is 134 Å². The number of fused-ring (bicyclic) bond motifs is 1. The molecule has 33 heavy (non-hydrogen) atoms. The van der Waals surface area contributed by atoms with Crippen molar-refractivity contribution in [2.45, 2.75) is 13.0 Å². The fourth-order valence-corrected chi connectivity index (χ4v) is 3.39.